The molecule has 55 heavy (non-hydrogen) atoms. The SMILES string of the molecule is C/C(=C/C(=O)N(O)CCC[C@H](NC(=O)[C@H](CCCN(O)C(=O)/C=C(/C)CC(=O)O)NC(=O)[C@@H](N)CCCN(O)C(=O)/C=C(/C)CC(=O)O)C(=O)O)CC(=O)O. The van der Waals surface area contributed by atoms with Crippen molar-refractivity contribution in [3.05, 3.63) is 34.9 Å². The summed E-state index contributed by atoms with van der Waals surface area (Å²) in [4.78, 5) is 107. The van der Waals surface area contributed by atoms with Crippen molar-refractivity contribution < 1.29 is 79.2 Å². The molecule has 0 bridgehead atoms. The summed E-state index contributed by atoms with van der Waals surface area (Å²) in [5.74, 6) is -9.89. The zero-order valence-electron chi connectivity index (χ0n) is 30.7. The number of hydrogen-bond acceptors (Lipinski definition) is 13. The van der Waals surface area contributed by atoms with Gasteiger partial charge >= 0.3 is 23.9 Å². The fourth-order valence-corrected chi connectivity index (χ4v) is 4.61. The lowest BCUT2D eigenvalue weighted by Crippen LogP contribution is -2.54. The van der Waals surface area contributed by atoms with E-state index >= 15 is 0 Å². The average Bonchev–Trinajstić information content (AvgIpc) is 3.05. The van der Waals surface area contributed by atoms with E-state index in [0.29, 0.717) is 5.06 Å². The van der Waals surface area contributed by atoms with Gasteiger partial charge in [-0.25, -0.2) is 20.0 Å². The van der Waals surface area contributed by atoms with Crippen LogP contribution in [0.3, 0.4) is 0 Å². The number of aliphatic carboxylic acids is 4. The van der Waals surface area contributed by atoms with Crippen molar-refractivity contribution in [1.29, 1.82) is 0 Å². The molecule has 0 aromatic heterocycles. The lowest BCUT2D eigenvalue weighted by Gasteiger charge is -2.24. The van der Waals surface area contributed by atoms with Gasteiger partial charge in [0.2, 0.25) is 11.8 Å². The molecule has 0 aromatic rings. The summed E-state index contributed by atoms with van der Waals surface area (Å²) >= 11 is 0. The number of nitrogens with zero attached hydrogens (tertiary/aromatic N) is 3. The summed E-state index contributed by atoms with van der Waals surface area (Å²) in [7, 11) is 0. The van der Waals surface area contributed by atoms with Crippen LogP contribution in [0, 0.1) is 0 Å². The quantitative estimate of drug-likeness (QED) is 0.0303. The summed E-state index contributed by atoms with van der Waals surface area (Å²) in [6, 6.07) is -4.42. The Hall–Kier alpha value is -5.71. The van der Waals surface area contributed by atoms with Crippen molar-refractivity contribution in [3.63, 3.8) is 0 Å². The smallest absolute Gasteiger partial charge is 0.326 e. The molecular formula is C33H50N6O16. The monoisotopic (exact) mass is 786 g/mol. The first-order chi connectivity index (χ1) is 25.5. The number of hydroxylamine groups is 6. The van der Waals surface area contributed by atoms with Gasteiger partial charge in [-0.15, -0.1) is 0 Å². The van der Waals surface area contributed by atoms with Gasteiger partial charge in [0.15, 0.2) is 0 Å². The molecule has 0 spiro atoms. The van der Waals surface area contributed by atoms with E-state index in [1.165, 1.54) is 20.8 Å². The highest BCUT2D eigenvalue weighted by atomic mass is 16.5. The first-order valence-corrected chi connectivity index (χ1v) is 16.8. The highest BCUT2D eigenvalue weighted by Crippen LogP contribution is 2.09. The summed E-state index contributed by atoms with van der Waals surface area (Å²) in [6.07, 6.45) is 0.236. The lowest BCUT2D eigenvalue weighted by molar-refractivity contribution is -0.160. The van der Waals surface area contributed by atoms with Crippen molar-refractivity contribution in [3.8, 4) is 0 Å². The van der Waals surface area contributed by atoms with Crippen molar-refractivity contribution in [1.82, 2.24) is 25.8 Å². The second-order valence-electron chi connectivity index (χ2n) is 12.6. The molecule has 0 heterocycles. The molecule has 0 rings (SSSR count). The maximum absolute atomic E-state index is 13.3. The van der Waals surface area contributed by atoms with Crippen LogP contribution in [0.5, 0.6) is 0 Å². The van der Waals surface area contributed by atoms with Gasteiger partial charge in [-0.05, 0) is 59.3 Å². The van der Waals surface area contributed by atoms with Gasteiger partial charge in [0.25, 0.3) is 17.7 Å². The van der Waals surface area contributed by atoms with Crippen LogP contribution in [0.1, 0.15) is 78.6 Å². The Morgan fingerprint density at radius 3 is 1.16 bits per heavy atom. The predicted octanol–water partition coefficient (Wildman–Crippen LogP) is -0.375. The highest BCUT2D eigenvalue weighted by molar-refractivity contribution is 5.92. The number of amides is 5. The van der Waals surface area contributed by atoms with Gasteiger partial charge in [0, 0.05) is 37.9 Å². The molecular weight excluding hydrogens is 736 g/mol. The van der Waals surface area contributed by atoms with Crippen LogP contribution in [0.25, 0.3) is 0 Å². The molecule has 308 valence electrons. The van der Waals surface area contributed by atoms with E-state index in [9.17, 15) is 63.9 Å². The van der Waals surface area contributed by atoms with E-state index < -0.39 is 104 Å². The number of carboxylic acid groups (broad SMARTS) is 4. The third-order valence-electron chi connectivity index (χ3n) is 7.36. The number of nitrogens with one attached hydrogen (secondary N) is 2. The number of hydrogen-bond donors (Lipinski definition) is 10. The Morgan fingerprint density at radius 1 is 0.527 bits per heavy atom. The van der Waals surface area contributed by atoms with Crippen molar-refractivity contribution >= 4 is 53.4 Å². The van der Waals surface area contributed by atoms with E-state index in [-0.39, 0.29) is 71.9 Å². The zero-order valence-corrected chi connectivity index (χ0v) is 30.7. The molecule has 0 radical (unpaired) electrons. The molecule has 3 atom stereocenters. The number of carbonyl (C=O) groups excluding carboxylic acids is 5. The summed E-state index contributed by atoms with van der Waals surface area (Å²) in [5.41, 5.74) is 6.39. The fourth-order valence-electron chi connectivity index (χ4n) is 4.61. The molecule has 22 nitrogen and oxygen atoms in total. The number of carboxylic acids is 4. The van der Waals surface area contributed by atoms with Gasteiger partial charge < -0.3 is 36.8 Å². The van der Waals surface area contributed by atoms with Crippen molar-refractivity contribution in [2.45, 2.75) is 96.7 Å². The predicted molar refractivity (Wildman–Crippen MR) is 186 cm³/mol. The molecule has 0 fully saturated rings. The normalized spacial score (nSPS) is 13.5. The molecule has 0 saturated carbocycles. The fraction of sp³-hybridized carbons (Fsp3) is 0.545. The van der Waals surface area contributed by atoms with E-state index in [1.54, 1.807) is 0 Å². The lowest BCUT2D eigenvalue weighted by atomic mass is 10.1. The second kappa shape index (κ2) is 25.3. The third kappa shape index (κ3) is 22.2. The van der Waals surface area contributed by atoms with Gasteiger partial charge in [-0.3, -0.25) is 54.0 Å². The van der Waals surface area contributed by atoms with Crippen LogP contribution in [-0.4, -0.2) is 142 Å². The first kappa shape index (κ1) is 49.3. The first-order valence-electron chi connectivity index (χ1n) is 16.8. The molecule has 11 N–H and O–H groups in total. The standard InChI is InChI=1S/C33H50N6O16/c1-19(16-28(43)44)13-25(40)37(53)10-4-7-22(34)31(49)35-23(8-5-11-38(54)26(41)14-20(2)17-29(45)46)32(50)36-24(33(51)52)9-6-12-39(55)27(42)15-21(3)18-30(47)48/h13-15,22-24,53-55H,4-12,16-18,34H2,1-3H3,(H,35,49)(H,36,50)(H,43,44)(H,45,46)(H,47,48)(H,51,52)/b19-13-,20-14-,21-15-/t22-,23-,24-/m0/s1. The Morgan fingerprint density at radius 2 is 0.836 bits per heavy atom. The Labute approximate surface area is 315 Å². The Kier molecular flexibility index (Phi) is 22.7. The Balaban J connectivity index is 5.69. The van der Waals surface area contributed by atoms with Gasteiger partial charge in [-0.2, -0.15) is 0 Å². The van der Waals surface area contributed by atoms with Crippen LogP contribution in [0.2, 0.25) is 0 Å². The van der Waals surface area contributed by atoms with Crippen LogP contribution < -0.4 is 16.4 Å². The molecule has 0 unspecified atom stereocenters. The van der Waals surface area contributed by atoms with Crippen LogP contribution in [0.15, 0.2) is 34.9 Å². The van der Waals surface area contributed by atoms with Gasteiger partial charge in [0.05, 0.1) is 25.3 Å². The number of rotatable bonds is 26. The minimum atomic E-state index is -1.60. The third-order valence-corrected chi connectivity index (χ3v) is 7.36. The minimum absolute atomic E-state index is 0.0315. The molecule has 22 heteroatoms. The maximum atomic E-state index is 13.3. The summed E-state index contributed by atoms with van der Waals surface area (Å²) < 4.78 is 0. The van der Waals surface area contributed by atoms with E-state index in [2.05, 4.69) is 10.6 Å². The molecule has 0 aliphatic heterocycles. The Bertz CT molecular complexity index is 1510. The largest absolute Gasteiger partial charge is 0.481 e. The molecule has 5 amide bonds. The van der Waals surface area contributed by atoms with E-state index in [0.717, 1.165) is 18.2 Å². The average molecular weight is 787 g/mol. The summed E-state index contributed by atoms with van der Waals surface area (Å²) in [6.45, 7) is 2.96. The summed E-state index contributed by atoms with van der Waals surface area (Å²) in [5, 5.41) is 71.6. The van der Waals surface area contributed by atoms with E-state index in [1.807, 2.05) is 0 Å². The minimum Gasteiger partial charge on any atom is -0.481 e. The van der Waals surface area contributed by atoms with Crippen LogP contribution in [0.4, 0.5) is 0 Å². The number of nitrogens with two attached hydrogens (primary N) is 1. The molecule has 0 saturated heterocycles. The second-order valence-corrected chi connectivity index (χ2v) is 12.6. The van der Waals surface area contributed by atoms with Gasteiger partial charge in [0.1, 0.15) is 12.1 Å². The zero-order chi connectivity index (χ0) is 42.4. The van der Waals surface area contributed by atoms with E-state index in [4.69, 9.17) is 21.1 Å². The molecule has 0 aliphatic carbocycles. The van der Waals surface area contributed by atoms with Crippen molar-refractivity contribution in [2.75, 3.05) is 19.6 Å². The topological polar surface area (TPSA) is 355 Å². The molecule has 0 aromatic carbocycles. The molecule has 0 aliphatic rings. The van der Waals surface area contributed by atoms with Gasteiger partial charge in [-0.1, -0.05) is 16.7 Å². The van der Waals surface area contributed by atoms with Crippen LogP contribution >= 0.6 is 0 Å². The number of carbonyl (C=O) groups is 9. The highest BCUT2D eigenvalue weighted by Gasteiger charge is 2.28. The van der Waals surface area contributed by atoms with Crippen molar-refractivity contribution in [2.24, 2.45) is 5.73 Å². The maximum Gasteiger partial charge on any atom is 0.326 e. The van der Waals surface area contributed by atoms with Crippen LogP contribution in [-0.2, 0) is 43.2 Å².